The highest BCUT2D eigenvalue weighted by molar-refractivity contribution is 7.99. The lowest BCUT2D eigenvalue weighted by Gasteiger charge is -2.01. The van der Waals surface area contributed by atoms with Gasteiger partial charge in [0.15, 0.2) is 0 Å². The van der Waals surface area contributed by atoms with E-state index in [9.17, 15) is 4.79 Å². The molecule has 0 rings (SSSR count). The van der Waals surface area contributed by atoms with Gasteiger partial charge in [0.05, 0.1) is 6.61 Å². The van der Waals surface area contributed by atoms with Crippen LogP contribution in [0.15, 0.2) is 11.6 Å². The van der Waals surface area contributed by atoms with E-state index in [-0.39, 0.29) is 12.6 Å². The van der Waals surface area contributed by atoms with E-state index in [4.69, 9.17) is 9.84 Å². The molecule has 0 saturated heterocycles. The monoisotopic (exact) mass is 204 g/mol. The van der Waals surface area contributed by atoms with Crippen LogP contribution < -0.4 is 0 Å². The van der Waals surface area contributed by atoms with E-state index in [1.165, 1.54) is 6.08 Å². The molecule has 3 nitrogen and oxygen atoms in total. The Balaban J connectivity index is 3.33. The molecule has 0 fully saturated rings. The fourth-order valence-corrected chi connectivity index (χ4v) is 1.18. The number of carbonyl (C=O) groups is 1. The Labute approximate surface area is 83.2 Å². The third-order valence-electron chi connectivity index (χ3n) is 1.11. The van der Waals surface area contributed by atoms with Gasteiger partial charge in [0.25, 0.3) is 0 Å². The number of hydrogen-bond acceptors (Lipinski definition) is 4. The van der Waals surface area contributed by atoms with Gasteiger partial charge >= 0.3 is 5.97 Å². The van der Waals surface area contributed by atoms with Gasteiger partial charge in [-0.05, 0) is 13.8 Å². The third-order valence-corrected chi connectivity index (χ3v) is 2.04. The molecule has 0 unspecified atom stereocenters. The smallest absolute Gasteiger partial charge is 0.330 e. The van der Waals surface area contributed by atoms with Gasteiger partial charge in [-0.1, -0.05) is 5.57 Å². The Morgan fingerprint density at radius 2 is 2.15 bits per heavy atom. The summed E-state index contributed by atoms with van der Waals surface area (Å²) in [6, 6.07) is 0. The summed E-state index contributed by atoms with van der Waals surface area (Å²) in [5.74, 6) is 1.15. The van der Waals surface area contributed by atoms with Gasteiger partial charge < -0.3 is 9.84 Å². The lowest BCUT2D eigenvalue weighted by molar-refractivity contribution is -0.137. The van der Waals surface area contributed by atoms with Crippen molar-refractivity contribution in [3.05, 3.63) is 11.6 Å². The molecule has 0 heterocycles. The molecule has 0 aliphatic heterocycles. The van der Waals surface area contributed by atoms with Gasteiger partial charge in [-0.3, -0.25) is 0 Å². The quantitative estimate of drug-likeness (QED) is 0.401. The van der Waals surface area contributed by atoms with E-state index in [1.54, 1.807) is 11.8 Å². The summed E-state index contributed by atoms with van der Waals surface area (Å²) in [6.45, 7) is 4.28. The summed E-state index contributed by atoms with van der Waals surface area (Å²) >= 11 is 1.57. The van der Waals surface area contributed by atoms with Crippen molar-refractivity contribution in [2.45, 2.75) is 13.8 Å². The number of allylic oxidation sites excluding steroid dienone is 1. The summed E-state index contributed by atoms with van der Waals surface area (Å²) in [5.41, 5.74) is 0.938. The molecule has 0 amide bonds. The van der Waals surface area contributed by atoms with E-state index >= 15 is 0 Å². The minimum Gasteiger partial charge on any atom is -0.462 e. The Kier molecular flexibility index (Phi) is 7.83. The summed E-state index contributed by atoms with van der Waals surface area (Å²) in [7, 11) is 0. The van der Waals surface area contributed by atoms with E-state index in [1.807, 2.05) is 13.8 Å². The number of aliphatic hydroxyl groups is 1. The molecule has 0 aliphatic carbocycles. The van der Waals surface area contributed by atoms with Crippen molar-refractivity contribution in [2.75, 3.05) is 24.7 Å². The van der Waals surface area contributed by atoms with Crippen LogP contribution in [0.4, 0.5) is 0 Å². The second-order valence-corrected chi connectivity index (χ2v) is 3.95. The van der Waals surface area contributed by atoms with Crippen LogP contribution >= 0.6 is 11.8 Å². The van der Waals surface area contributed by atoms with Crippen LogP contribution in [0.3, 0.4) is 0 Å². The average Bonchev–Trinajstić information content (AvgIpc) is 2.02. The first-order valence-electron chi connectivity index (χ1n) is 4.17. The number of thioether (sulfide) groups is 1. The van der Waals surface area contributed by atoms with Crippen LogP contribution in [-0.2, 0) is 9.53 Å². The Morgan fingerprint density at radius 1 is 1.46 bits per heavy atom. The van der Waals surface area contributed by atoms with Crippen molar-refractivity contribution < 1.29 is 14.6 Å². The number of esters is 1. The second kappa shape index (κ2) is 8.13. The SMILES string of the molecule is CC(C)=CC(=O)OCCSCCO. The molecule has 0 spiro atoms. The molecule has 4 heteroatoms. The van der Waals surface area contributed by atoms with Gasteiger partial charge in [0, 0.05) is 17.6 Å². The number of ether oxygens (including phenoxy) is 1. The highest BCUT2D eigenvalue weighted by Crippen LogP contribution is 1.98. The van der Waals surface area contributed by atoms with Crippen molar-refractivity contribution >= 4 is 17.7 Å². The first kappa shape index (κ1) is 12.5. The van der Waals surface area contributed by atoms with Crippen molar-refractivity contribution in [1.82, 2.24) is 0 Å². The zero-order chi connectivity index (χ0) is 10.1. The van der Waals surface area contributed by atoms with Gasteiger partial charge in [0.2, 0.25) is 0 Å². The highest BCUT2D eigenvalue weighted by atomic mass is 32.2. The lowest BCUT2D eigenvalue weighted by Crippen LogP contribution is -2.05. The van der Waals surface area contributed by atoms with Gasteiger partial charge in [0.1, 0.15) is 6.61 Å². The standard InChI is InChI=1S/C9H16O3S/c1-8(2)7-9(11)12-4-6-13-5-3-10/h7,10H,3-6H2,1-2H3. The molecule has 0 radical (unpaired) electrons. The number of hydrogen-bond donors (Lipinski definition) is 1. The lowest BCUT2D eigenvalue weighted by atomic mass is 10.3. The molecule has 0 aromatic heterocycles. The molecule has 0 aliphatic rings. The van der Waals surface area contributed by atoms with Gasteiger partial charge in [-0.15, -0.1) is 0 Å². The summed E-state index contributed by atoms with van der Waals surface area (Å²) < 4.78 is 4.88. The van der Waals surface area contributed by atoms with E-state index in [0.29, 0.717) is 12.4 Å². The number of aliphatic hydroxyl groups excluding tert-OH is 1. The van der Waals surface area contributed by atoms with Crippen LogP contribution in [0.1, 0.15) is 13.8 Å². The molecular weight excluding hydrogens is 188 g/mol. The van der Waals surface area contributed by atoms with Gasteiger partial charge in [-0.25, -0.2) is 4.79 Å². The Hall–Kier alpha value is -0.480. The van der Waals surface area contributed by atoms with E-state index in [0.717, 1.165) is 11.3 Å². The van der Waals surface area contributed by atoms with Crippen molar-refractivity contribution in [3.8, 4) is 0 Å². The maximum atomic E-state index is 10.9. The molecule has 0 aromatic carbocycles. The van der Waals surface area contributed by atoms with Gasteiger partial charge in [-0.2, -0.15) is 11.8 Å². The minimum absolute atomic E-state index is 0.173. The fourth-order valence-electron chi connectivity index (χ4n) is 0.645. The van der Waals surface area contributed by atoms with Crippen LogP contribution in [0.25, 0.3) is 0 Å². The number of rotatable bonds is 6. The second-order valence-electron chi connectivity index (χ2n) is 2.73. The molecule has 1 N–H and O–H groups in total. The van der Waals surface area contributed by atoms with Crippen molar-refractivity contribution in [2.24, 2.45) is 0 Å². The summed E-state index contributed by atoms with van der Waals surface area (Å²) in [6.07, 6.45) is 1.47. The maximum Gasteiger partial charge on any atom is 0.330 e. The first-order chi connectivity index (χ1) is 6.16. The van der Waals surface area contributed by atoms with Crippen LogP contribution in [0.5, 0.6) is 0 Å². The zero-order valence-corrected chi connectivity index (χ0v) is 8.89. The molecule has 13 heavy (non-hydrogen) atoms. The fraction of sp³-hybridized carbons (Fsp3) is 0.667. The van der Waals surface area contributed by atoms with E-state index in [2.05, 4.69) is 0 Å². The van der Waals surface area contributed by atoms with Crippen LogP contribution in [0.2, 0.25) is 0 Å². The predicted molar refractivity (Wildman–Crippen MR) is 54.8 cm³/mol. The van der Waals surface area contributed by atoms with Crippen LogP contribution in [-0.4, -0.2) is 35.8 Å². The van der Waals surface area contributed by atoms with Crippen molar-refractivity contribution in [1.29, 1.82) is 0 Å². The normalized spacial score (nSPS) is 9.46. The topological polar surface area (TPSA) is 46.5 Å². The Bertz CT molecular complexity index is 174. The largest absolute Gasteiger partial charge is 0.462 e. The zero-order valence-electron chi connectivity index (χ0n) is 8.08. The minimum atomic E-state index is -0.287. The summed E-state index contributed by atoms with van der Waals surface area (Å²) in [5, 5.41) is 8.46. The summed E-state index contributed by atoms with van der Waals surface area (Å²) in [4.78, 5) is 10.9. The highest BCUT2D eigenvalue weighted by Gasteiger charge is 1.96. The maximum absolute atomic E-state index is 10.9. The number of carbonyl (C=O) groups excluding carboxylic acids is 1. The molecule has 0 aromatic rings. The average molecular weight is 204 g/mol. The third kappa shape index (κ3) is 9.43. The molecule has 0 atom stereocenters. The first-order valence-corrected chi connectivity index (χ1v) is 5.32. The predicted octanol–water partition coefficient (Wildman–Crippen LogP) is 1.22. The Morgan fingerprint density at radius 3 is 2.69 bits per heavy atom. The molecule has 0 bridgehead atoms. The van der Waals surface area contributed by atoms with Crippen LogP contribution in [0, 0.1) is 0 Å². The van der Waals surface area contributed by atoms with Crippen molar-refractivity contribution in [3.63, 3.8) is 0 Å². The molecule has 76 valence electrons. The molecule has 0 saturated carbocycles. The molecular formula is C9H16O3S. The van der Waals surface area contributed by atoms with E-state index < -0.39 is 0 Å².